The molecule has 1 fully saturated rings. The number of carbonyl (C=O) groups excluding carboxylic acids is 1. The molecule has 0 saturated carbocycles. The van der Waals surface area contributed by atoms with Crippen molar-refractivity contribution in [2.75, 3.05) is 6.61 Å². The smallest absolute Gasteiger partial charge is 0.391 e. The van der Waals surface area contributed by atoms with Crippen LogP contribution in [0.25, 0.3) is 0 Å². The molecule has 19 heavy (non-hydrogen) atoms. The molecule has 2 unspecified atom stereocenters. The molecule has 0 aromatic heterocycles. The molecule has 0 aromatic carbocycles. The summed E-state index contributed by atoms with van der Waals surface area (Å²) in [5.74, 6) is -0.755. The lowest BCUT2D eigenvalue weighted by atomic mass is 9.87. The third-order valence-corrected chi connectivity index (χ3v) is 3.57. The molecule has 8 nitrogen and oxygen atoms in total. The average Bonchev–Trinajstić information content (AvgIpc) is 2.26. The third kappa shape index (κ3) is 4.69. The first-order valence-corrected chi connectivity index (χ1v) is 7.21. The molecule has 0 aromatic rings. The highest BCUT2D eigenvalue weighted by atomic mass is 32.3. The minimum Gasteiger partial charge on any atom is -0.391 e. The quantitative estimate of drug-likeness (QED) is 0.574. The van der Waals surface area contributed by atoms with Crippen LogP contribution in [0.2, 0.25) is 0 Å². The van der Waals surface area contributed by atoms with E-state index >= 15 is 0 Å². The van der Waals surface area contributed by atoms with Gasteiger partial charge in [-0.1, -0.05) is 6.92 Å². The number of nitrogens with one attached hydrogen (secondary N) is 1. The van der Waals surface area contributed by atoms with Crippen molar-refractivity contribution in [1.29, 1.82) is 0 Å². The highest BCUT2D eigenvalue weighted by Crippen LogP contribution is 2.26. The predicted octanol–water partition coefficient (Wildman–Crippen LogP) is -0.905. The average molecular weight is 297 g/mol. The number of hydrogen-bond acceptors (Lipinski definition) is 6. The van der Waals surface area contributed by atoms with Gasteiger partial charge in [-0.05, 0) is 6.92 Å². The summed E-state index contributed by atoms with van der Waals surface area (Å²) in [5.41, 5.74) is 0. The lowest BCUT2D eigenvalue weighted by molar-refractivity contribution is -0.158. The summed E-state index contributed by atoms with van der Waals surface area (Å²) in [6.45, 7) is 4.23. The van der Waals surface area contributed by atoms with Crippen LogP contribution < -0.4 is 5.32 Å². The molecule has 0 spiro atoms. The van der Waals surface area contributed by atoms with Crippen molar-refractivity contribution in [3.8, 4) is 0 Å². The van der Waals surface area contributed by atoms with Crippen LogP contribution in [0.3, 0.4) is 0 Å². The number of hydrogen-bond donors (Lipinski definition) is 3. The molecule has 0 bridgehead atoms. The Hall–Kier alpha value is -0.740. The Balaban J connectivity index is 2.69. The summed E-state index contributed by atoms with van der Waals surface area (Å²) in [5, 5.41) is 12.7. The van der Waals surface area contributed by atoms with Gasteiger partial charge < -0.3 is 15.2 Å². The number of aliphatic hydroxyl groups is 1. The van der Waals surface area contributed by atoms with Crippen LogP contribution in [-0.4, -0.2) is 54.9 Å². The van der Waals surface area contributed by atoms with Crippen molar-refractivity contribution < 1.29 is 31.8 Å². The van der Waals surface area contributed by atoms with Crippen LogP contribution in [0.15, 0.2) is 0 Å². The lowest BCUT2D eigenvalue weighted by Gasteiger charge is -2.42. The first-order chi connectivity index (χ1) is 8.61. The maximum atomic E-state index is 11.0. The zero-order valence-corrected chi connectivity index (χ0v) is 11.8. The molecular formula is C10H19NO7S. The van der Waals surface area contributed by atoms with E-state index in [-0.39, 0.29) is 5.91 Å². The van der Waals surface area contributed by atoms with Gasteiger partial charge in [0.25, 0.3) is 0 Å². The van der Waals surface area contributed by atoms with Crippen LogP contribution in [0.4, 0.5) is 0 Å². The first kappa shape index (κ1) is 16.3. The van der Waals surface area contributed by atoms with E-state index in [0.29, 0.717) is 0 Å². The number of aliphatic hydroxyl groups excluding tert-OH is 1. The molecule has 1 rings (SSSR count). The van der Waals surface area contributed by atoms with Crippen LogP contribution >= 0.6 is 0 Å². The number of amides is 1. The van der Waals surface area contributed by atoms with Crippen LogP contribution in [0, 0.1) is 5.92 Å². The van der Waals surface area contributed by atoms with E-state index in [4.69, 9.17) is 9.29 Å². The van der Waals surface area contributed by atoms with Crippen LogP contribution in [0.1, 0.15) is 20.8 Å². The van der Waals surface area contributed by atoms with Crippen molar-refractivity contribution in [2.24, 2.45) is 5.92 Å². The van der Waals surface area contributed by atoms with Gasteiger partial charge in [-0.15, -0.1) is 0 Å². The van der Waals surface area contributed by atoms with Crippen molar-refractivity contribution in [2.45, 2.75) is 45.1 Å². The van der Waals surface area contributed by atoms with Crippen LogP contribution in [-0.2, 0) is 24.1 Å². The molecule has 1 heterocycles. The summed E-state index contributed by atoms with van der Waals surface area (Å²) in [7, 11) is -4.55. The Kier molecular flexibility index (Phi) is 5.27. The third-order valence-electron chi connectivity index (χ3n) is 3.14. The first-order valence-electron chi connectivity index (χ1n) is 5.84. The summed E-state index contributed by atoms with van der Waals surface area (Å²) < 4.78 is 39.3. The number of carbonyl (C=O) groups is 1. The number of ether oxygens (including phenoxy) is 1. The summed E-state index contributed by atoms with van der Waals surface area (Å²) in [6.07, 6.45) is -2.11. The second-order valence-corrected chi connectivity index (χ2v) is 5.76. The summed E-state index contributed by atoms with van der Waals surface area (Å²) in [6, 6.07) is -0.575. The highest BCUT2D eigenvalue weighted by molar-refractivity contribution is 7.80. The second-order valence-electron chi connectivity index (χ2n) is 4.67. The minimum atomic E-state index is -4.55. The fraction of sp³-hybridized carbons (Fsp3) is 0.900. The highest BCUT2D eigenvalue weighted by Gasteiger charge is 2.41. The molecule has 3 N–H and O–H groups in total. The Labute approximate surface area is 112 Å². The molecule has 9 heteroatoms. The minimum absolute atomic E-state index is 0.292. The van der Waals surface area contributed by atoms with Gasteiger partial charge in [0, 0.05) is 12.8 Å². The maximum absolute atomic E-state index is 11.0. The summed E-state index contributed by atoms with van der Waals surface area (Å²) >= 11 is 0. The van der Waals surface area contributed by atoms with E-state index in [2.05, 4.69) is 9.50 Å². The van der Waals surface area contributed by atoms with E-state index in [0.717, 1.165) is 0 Å². The molecule has 112 valence electrons. The van der Waals surface area contributed by atoms with E-state index < -0.39 is 47.3 Å². The van der Waals surface area contributed by atoms with Gasteiger partial charge in [0.2, 0.25) is 5.91 Å². The van der Waals surface area contributed by atoms with E-state index in [1.807, 2.05) is 0 Å². The van der Waals surface area contributed by atoms with Crippen molar-refractivity contribution in [3.63, 3.8) is 0 Å². The van der Waals surface area contributed by atoms with E-state index in [1.165, 1.54) is 6.92 Å². The van der Waals surface area contributed by atoms with Gasteiger partial charge in [-0.3, -0.25) is 9.35 Å². The molecule has 0 radical (unpaired) electrons. The van der Waals surface area contributed by atoms with Crippen molar-refractivity contribution in [1.82, 2.24) is 5.32 Å². The molecule has 1 amide bonds. The zero-order valence-electron chi connectivity index (χ0n) is 10.9. The fourth-order valence-electron chi connectivity index (χ4n) is 2.09. The Bertz CT molecular complexity index is 424. The monoisotopic (exact) mass is 297 g/mol. The van der Waals surface area contributed by atoms with Gasteiger partial charge in [0.15, 0.2) is 0 Å². The largest absolute Gasteiger partial charge is 0.397 e. The van der Waals surface area contributed by atoms with Crippen molar-refractivity contribution >= 4 is 16.3 Å². The molecule has 5 atom stereocenters. The predicted molar refractivity (Wildman–Crippen MR) is 64.6 cm³/mol. The van der Waals surface area contributed by atoms with E-state index in [9.17, 15) is 18.3 Å². The van der Waals surface area contributed by atoms with Gasteiger partial charge in [0.1, 0.15) is 0 Å². The van der Waals surface area contributed by atoms with Gasteiger partial charge >= 0.3 is 10.4 Å². The maximum Gasteiger partial charge on any atom is 0.397 e. The Morgan fingerprint density at radius 3 is 2.47 bits per heavy atom. The van der Waals surface area contributed by atoms with Crippen LogP contribution in [0.5, 0.6) is 0 Å². The Morgan fingerprint density at radius 2 is 2.00 bits per heavy atom. The topological polar surface area (TPSA) is 122 Å². The van der Waals surface area contributed by atoms with Gasteiger partial charge in [-0.25, -0.2) is 4.18 Å². The molecular weight excluding hydrogens is 278 g/mol. The lowest BCUT2D eigenvalue weighted by Crippen LogP contribution is -2.60. The molecule has 1 aliphatic rings. The summed E-state index contributed by atoms with van der Waals surface area (Å²) in [4.78, 5) is 11.0. The second kappa shape index (κ2) is 6.14. The Morgan fingerprint density at radius 1 is 1.42 bits per heavy atom. The zero-order chi connectivity index (χ0) is 14.8. The SMILES string of the molecule is CC(=O)NC1[C@@H](C)OC(COS(=O)(=O)O)[C@@H](C)[C@H]1O. The number of rotatable bonds is 4. The van der Waals surface area contributed by atoms with Gasteiger partial charge in [0.05, 0.1) is 31.0 Å². The fourth-order valence-corrected chi connectivity index (χ4v) is 2.40. The normalized spacial score (nSPS) is 35.9. The van der Waals surface area contributed by atoms with E-state index in [1.54, 1.807) is 13.8 Å². The van der Waals surface area contributed by atoms with Gasteiger partial charge in [-0.2, -0.15) is 8.42 Å². The molecule has 1 saturated heterocycles. The molecule has 0 aliphatic carbocycles. The standard InChI is InChI=1S/C10H19NO7S/c1-5-8(4-17-19(14,15)16)18-6(2)9(10(5)13)11-7(3)12/h5-6,8-10,13H,4H2,1-3H3,(H,11,12)(H,14,15,16)/t5-,6-,8?,9?,10-/m1/s1. The van der Waals surface area contributed by atoms with Crippen molar-refractivity contribution in [3.05, 3.63) is 0 Å². The molecule has 1 aliphatic heterocycles.